The van der Waals surface area contributed by atoms with Crippen LogP contribution in [0, 0.1) is 5.92 Å². The van der Waals surface area contributed by atoms with Crippen LogP contribution in [0.1, 0.15) is 31.9 Å². The van der Waals surface area contributed by atoms with Gasteiger partial charge in [0.1, 0.15) is 0 Å². The zero-order valence-electron chi connectivity index (χ0n) is 12.0. The molecule has 0 aromatic heterocycles. The van der Waals surface area contributed by atoms with Crippen LogP contribution in [0.5, 0.6) is 11.5 Å². The van der Waals surface area contributed by atoms with Crippen molar-refractivity contribution in [3.8, 4) is 11.5 Å². The molecule has 0 amide bonds. The molecule has 2 N–H and O–H groups in total. The zero-order chi connectivity index (χ0) is 14.5. The predicted octanol–water partition coefficient (Wildman–Crippen LogP) is 3.17. The van der Waals surface area contributed by atoms with Crippen molar-refractivity contribution in [2.75, 3.05) is 26.4 Å². The van der Waals surface area contributed by atoms with Crippen LogP contribution < -0.4 is 15.2 Å². The van der Waals surface area contributed by atoms with E-state index in [-0.39, 0.29) is 6.04 Å². The van der Waals surface area contributed by atoms with Gasteiger partial charge in [0.15, 0.2) is 11.5 Å². The molecule has 4 nitrogen and oxygen atoms in total. The van der Waals surface area contributed by atoms with Gasteiger partial charge >= 0.3 is 0 Å². The van der Waals surface area contributed by atoms with Crippen LogP contribution in [-0.2, 0) is 4.74 Å². The van der Waals surface area contributed by atoms with Gasteiger partial charge in [0, 0.05) is 29.7 Å². The molecule has 2 unspecified atom stereocenters. The Balaban J connectivity index is 2.29. The van der Waals surface area contributed by atoms with Crippen LogP contribution in [-0.4, -0.2) is 26.4 Å². The summed E-state index contributed by atoms with van der Waals surface area (Å²) in [5.74, 6) is 1.67. The predicted molar refractivity (Wildman–Crippen MR) is 79.6 cm³/mol. The van der Waals surface area contributed by atoms with Gasteiger partial charge in [-0.25, -0.2) is 0 Å². The summed E-state index contributed by atoms with van der Waals surface area (Å²) in [6, 6.07) is 3.56. The van der Waals surface area contributed by atoms with E-state index in [9.17, 15) is 0 Å². The highest BCUT2D eigenvalue weighted by Crippen LogP contribution is 2.38. The molecule has 0 saturated carbocycles. The Hall–Kier alpha value is -0.970. The second kappa shape index (κ2) is 7.16. The fraction of sp³-hybridized carbons (Fsp3) is 0.600. The third-order valence-corrected chi connectivity index (χ3v) is 3.82. The summed E-state index contributed by atoms with van der Waals surface area (Å²) in [6.07, 6.45) is 0.967. The second-order valence-electron chi connectivity index (χ2n) is 4.84. The van der Waals surface area contributed by atoms with Gasteiger partial charge in [-0.1, -0.05) is 11.6 Å². The third-order valence-electron chi connectivity index (χ3n) is 3.49. The Labute approximate surface area is 125 Å². The maximum Gasteiger partial charge on any atom is 0.162 e. The van der Waals surface area contributed by atoms with Crippen LogP contribution in [0.4, 0.5) is 0 Å². The van der Waals surface area contributed by atoms with Gasteiger partial charge in [-0.2, -0.15) is 0 Å². The Morgan fingerprint density at radius 3 is 2.50 bits per heavy atom. The van der Waals surface area contributed by atoms with E-state index in [2.05, 4.69) is 0 Å². The van der Waals surface area contributed by atoms with Crippen molar-refractivity contribution in [1.82, 2.24) is 0 Å². The van der Waals surface area contributed by atoms with Crippen molar-refractivity contribution in [1.29, 1.82) is 0 Å². The van der Waals surface area contributed by atoms with Gasteiger partial charge in [-0.3, -0.25) is 0 Å². The third kappa shape index (κ3) is 3.37. The van der Waals surface area contributed by atoms with Crippen LogP contribution in [0.15, 0.2) is 12.1 Å². The van der Waals surface area contributed by atoms with Crippen molar-refractivity contribution in [2.24, 2.45) is 11.7 Å². The van der Waals surface area contributed by atoms with Crippen molar-refractivity contribution < 1.29 is 14.2 Å². The molecule has 20 heavy (non-hydrogen) atoms. The Morgan fingerprint density at radius 2 is 1.95 bits per heavy atom. The number of hydrogen-bond acceptors (Lipinski definition) is 4. The molecule has 1 aromatic rings. The van der Waals surface area contributed by atoms with Gasteiger partial charge in [0.05, 0.1) is 19.8 Å². The van der Waals surface area contributed by atoms with E-state index in [0.29, 0.717) is 42.3 Å². The first-order valence-corrected chi connectivity index (χ1v) is 7.47. The van der Waals surface area contributed by atoms with Crippen molar-refractivity contribution >= 4 is 11.6 Å². The molecule has 112 valence electrons. The SMILES string of the molecule is CCOc1cc(Cl)c(C(N)C2CCOC2)cc1OCC. The van der Waals surface area contributed by atoms with E-state index in [1.54, 1.807) is 6.07 Å². The number of rotatable bonds is 6. The summed E-state index contributed by atoms with van der Waals surface area (Å²) < 4.78 is 16.6. The van der Waals surface area contributed by atoms with Crippen LogP contribution in [0.2, 0.25) is 5.02 Å². The standard InChI is InChI=1S/C15H22ClNO3/c1-3-19-13-7-11(12(16)8-14(13)20-4-2)15(17)10-5-6-18-9-10/h7-8,10,15H,3-6,9,17H2,1-2H3. The molecule has 0 radical (unpaired) electrons. The molecule has 1 fully saturated rings. The van der Waals surface area contributed by atoms with Gasteiger partial charge < -0.3 is 19.9 Å². The molecule has 1 aliphatic rings. The number of nitrogens with two attached hydrogens (primary N) is 1. The fourth-order valence-corrected chi connectivity index (χ4v) is 2.71. The normalized spacial score (nSPS) is 19.9. The first-order valence-electron chi connectivity index (χ1n) is 7.09. The lowest BCUT2D eigenvalue weighted by Gasteiger charge is -2.21. The maximum absolute atomic E-state index is 6.35. The molecule has 0 aliphatic carbocycles. The topological polar surface area (TPSA) is 53.7 Å². The fourth-order valence-electron chi connectivity index (χ4n) is 2.43. The summed E-state index contributed by atoms with van der Waals surface area (Å²) in [5, 5.41) is 0.622. The molecule has 1 saturated heterocycles. The molecule has 0 spiro atoms. The minimum Gasteiger partial charge on any atom is -0.490 e. The number of hydrogen-bond donors (Lipinski definition) is 1. The van der Waals surface area contributed by atoms with Crippen LogP contribution in [0.3, 0.4) is 0 Å². The summed E-state index contributed by atoms with van der Waals surface area (Å²) >= 11 is 6.35. The van der Waals surface area contributed by atoms with E-state index in [1.165, 1.54) is 0 Å². The van der Waals surface area contributed by atoms with Crippen molar-refractivity contribution in [3.05, 3.63) is 22.7 Å². The first-order chi connectivity index (χ1) is 9.67. The van der Waals surface area contributed by atoms with E-state index < -0.39 is 0 Å². The van der Waals surface area contributed by atoms with E-state index in [1.807, 2.05) is 19.9 Å². The average Bonchev–Trinajstić information content (AvgIpc) is 2.95. The minimum atomic E-state index is -0.139. The monoisotopic (exact) mass is 299 g/mol. The van der Waals surface area contributed by atoms with Crippen molar-refractivity contribution in [2.45, 2.75) is 26.3 Å². The molecule has 5 heteroatoms. The molecule has 1 heterocycles. The summed E-state index contributed by atoms with van der Waals surface area (Å²) in [4.78, 5) is 0. The molecule has 2 atom stereocenters. The smallest absolute Gasteiger partial charge is 0.162 e. The number of benzene rings is 1. The summed E-state index contributed by atoms with van der Waals surface area (Å²) in [5.41, 5.74) is 7.23. The lowest BCUT2D eigenvalue weighted by Crippen LogP contribution is -2.22. The zero-order valence-corrected chi connectivity index (χ0v) is 12.8. The highest BCUT2D eigenvalue weighted by molar-refractivity contribution is 6.31. The summed E-state index contributed by atoms with van der Waals surface area (Å²) in [6.45, 7) is 6.47. The van der Waals surface area contributed by atoms with Gasteiger partial charge in [0.25, 0.3) is 0 Å². The van der Waals surface area contributed by atoms with E-state index >= 15 is 0 Å². The van der Waals surface area contributed by atoms with Gasteiger partial charge in [-0.15, -0.1) is 0 Å². The van der Waals surface area contributed by atoms with Gasteiger partial charge in [-0.05, 0) is 31.9 Å². The van der Waals surface area contributed by atoms with E-state index in [0.717, 1.165) is 18.6 Å². The number of halogens is 1. The maximum atomic E-state index is 6.35. The lowest BCUT2D eigenvalue weighted by atomic mass is 9.93. The quantitative estimate of drug-likeness (QED) is 0.876. The Bertz CT molecular complexity index is 447. The molecule has 0 bridgehead atoms. The molecule has 1 aliphatic heterocycles. The van der Waals surface area contributed by atoms with E-state index in [4.69, 9.17) is 31.5 Å². The lowest BCUT2D eigenvalue weighted by molar-refractivity contribution is 0.181. The van der Waals surface area contributed by atoms with Crippen LogP contribution in [0.25, 0.3) is 0 Å². The second-order valence-corrected chi connectivity index (χ2v) is 5.24. The highest BCUT2D eigenvalue weighted by atomic mass is 35.5. The molecular weight excluding hydrogens is 278 g/mol. The van der Waals surface area contributed by atoms with Gasteiger partial charge in [0.2, 0.25) is 0 Å². The largest absolute Gasteiger partial charge is 0.490 e. The molecule has 1 aromatic carbocycles. The Morgan fingerprint density at radius 1 is 1.30 bits per heavy atom. The highest BCUT2D eigenvalue weighted by Gasteiger charge is 2.26. The summed E-state index contributed by atoms with van der Waals surface area (Å²) in [7, 11) is 0. The minimum absolute atomic E-state index is 0.139. The number of ether oxygens (including phenoxy) is 3. The molecular formula is C15H22ClNO3. The average molecular weight is 300 g/mol. The molecule has 2 rings (SSSR count). The Kier molecular flexibility index (Phi) is 5.52. The first kappa shape index (κ1) is 15.4. The van der Waals surface area contributed by atoms with Crippen LogP contribution >= 0.6 is 11.6 Å². The van der Waals surface area contributed by atoms with Crippen molar-refractivity contribution in [3.63, 3.8) is 0 Å².